The lowest BCUT2D eigenvalue weighted by Gasteiger charge is -2.32. The van der Waals surface area contributed by atoms with E-state index in [9.17, 15) is 4.39 Å². The van der Waals surface area contributed by atoms with Crippen LogP contribution in [0.3, 0.4) is 0 Å². The lowest BCUT2D eigenvalue weighted by Crippen LogP contribution is -2.41. The molecule has 23 heavy (non-hydrogen) atoms. The summed E-state index contributed by atoms with van der Waals surface area (Å²) in [6.45, 7) is 7.82. The van der Waals surface area contributed by atoms with E-state index in [1.165, 1.54) is 6.07 Å². The third-order valence-corrected chi connectivity index (χ3v) is 4.98. The van der Waals surface area contributed by atoms with Crippen LogP contribution in [0.15, 0.2) is 30.4 Å². The smallest absolute Gasteiger partial charge is 0.486 e. The van der Waals surface area contributed by atoms with Gasteiger partial charge in [0.2, 0.25) is 0 Å². The van der Waals surface area contributed by atoms with Crippen LogP contribution in [0.25, 0.3) is 0 Å². The Bertz CT molecular complexity index is 596. The van der Waals surface area contributed by atoms with Gasteiger partial charge >= 0.3 is 7.12 Å². The van der Waals surface area contributed by atoms with Crippen LogP contribution in [-0.4, -0.2) is 24.4 Å². The summed E-state index contributed by atoms with van der Waals surface area (Å²) in [6, 6.07) is 4.90. The molecular weight excluding hydrogens is 294 g/mol. The highest BCUT2D eigenvalue weighted by atomic mass is 19.1. The molecule has 1 saturated heterocycles. The molecule has 124 valence electrons. The highest BCUT2D eigenvalue weighted by molar-refractivity contribution is 6.62. The highest BCUT2D eigenvalue weighted by Gasteiger charge is 2.52. The Morgan fingerprint density at radius 1 is 1.17 bits per heavy atom. The van der Waals surface area contributed by atoms with Crippen LogP contribution in [0.4, 0.5) is 4.39 Å². The van der Waals surface area contributed by atoms with Gasteiger partial charge in [-0.25, -0.2) is 4.39 Å². The SMILES string of the molecule is CC1(C)OB(c2ccc(OC3C=CCCC3)cc2F)OC1(C)C. The third kappa shape index (κ3) is 3.31. The van der Waals surface area contributed by atoms with E-state index in [1.807, 2.05) is 33.8 Å². The molecule has 0 spiro atoms. The summed E-state index contributed by atoms with van der Waals surface area (Å²) in [5.41, 5.74) is -0.548. The average molecular weight is 318 g/mol. The average Bonchev–Trinajstić information content (AvgIpc) is 2.68. The van der Waals surface area contributed by atoms with Gasteiger partial charge in [0, 0.05) is 11.5 Å². The van der Waals surface area contributed by atoms with Gasteiger partial charge in [0.1, 0.15) is 17.7 Å². The fourth-order valence-corrected chi connectivity index (χ4v) is 2.80. The van der Waals surface area contributed by atoms with Crippen LogP contribution in [0, 0.1) is 5.82 Å². The first-order chi connectivity index (χ1) is 10.8. The van der Waals surface area contributed by atoms with E-state index in [4.69, 9.17) is 14.0 Å². The zero-order valence-electron chi connectivity index (χ0n) is 14.3. The first-order valence-corrected chi connectivity index (χ1v) is 8.27. The van der Waals surface area contributed by atoms with Gasteiger partial charge in [-0.2, -0.15) is 0 Å². The van der Waals surface area contributed by atoms with Gasteiger partial charge in [-0.3, -0.25) is 0 Å². The van der Waals surface area contributed by atoms with Crippen LogP contribution in [0.1, 0.15) is 47.0 Å². The Kier molecular flexibility index (Phi) is 4.28. The second-order valence-corrected chi connectivity index (χ2v) is 7.29. The fourth-order valence-electron chi connectivity index (χ4n) is 2.80. The predicted octanol–water partition coefficient (Wildman–Crippen LogP) is 3.61. The molecule has 1 atom stereocenters. The van der Waals surface area contributed by atoms with Crippen LogP contribution < -0.4 is 10.2 Å². The minimum absolute atomic E-state index is 0.0332. The van der Waals surface area contributed by atoms with Crippen molar-refractivity contribution in [3.8, 4) is 5.75 Å². The van der Waals surface area contributed by atoms with Gasteiger partial charge in [0.05, 0.1) is 11.2 Å². The van der Waals surface area contributed by atoms with Crippen molar-refractivity contribution in [2.45, 2.75) is 64.3 Å². The van der Waals surface area contributed by atoms with Gasteiger partial charge in [-0.1, -0.05) is 12.1 Å². The molecule has 2 aliphatic rings. The van der Waals surface area contributed by atoms with Crippen molar-refractivity contribution in [3.05, 3.63) is 36.2 Å². The molecule has 1 unspecified atom stereocenters. The van der Waals surface area contributed by atoms with Gasteiger partial charge in [0.15, 0.2) is 0 Å². The van der Waals surface area contributed by atoms with Crippen molar-refractivity contribution >= 4 is 12.6 Å². The van der Waals surface area contributed by atoms with Crippen molar-refractivity contribution in [1.82, 2.24) is 0 Å². The largest absolute Gasteiger partial charge is 0.497 e. The van der Waals surface area contributed by atoms with Crippen molar-refractivity contribution in [2.24, 2.45) is 0 Å². The number of benzene rings is 1. The summed E-state index contributed by atoms with van der Waals surface area (Å²) < 4.78 is 32.1. The van der Waals surface area contributed by atoms with E-state index < -0.39 is 18.3 Å². The van der Waals surface area contributed by atoms with E-state index in [2.05, 4.69) is 6.08 Å². The molecular formula is C18H24BFO3. The monoisotopic (exact) mass is 318 g/mol. The zero-order valence-corrected chi connectivity index (χ0v) is 14.3. The second-order valence-electron chi connectivity index (χ2n) is 7.29. The highest BCUT2D eigenvalue weighted by Crippen LogP contribution is 2.36. The maximum atomic E-state index is 14.5. The lowest BCUT2D eigenvalue weighted by molar-refractivity contribution is 0.00578. The quantitative estimate of drug-likeness (QED) is 0.629. The molecule has 0 N–H and O–H groups in total. The minimum Gasteiger partial charge on any atom is -0.486 e. The van der Waals surface area contributed by atoms with E-state index in [0.717, 1.165) is 19.3 Å². The van der Waals surface area contributed by atoms with E-state index in [-0.39, 0.29) is 11.9 Å². The molecule has 1 fully saturated rings. The molecule has 0 saturated carbocycles. The maximum Gasteiger partial charge on any atom is 0.497 e. The van der Waals surface area contributed by atoms with Gasteiger partial charge in [-0.05, 0) is 59.1 Å². The van der Waals surface area contributed by atoms with Crippen LogP contribution in [0.2, 0.25) is 0 Å². The van der Waals surface area contributed by atoms with Crippen LogP contribution in [-0.2, 0) is 9.31 Å². The van der Waals surface area contributed by atoms with E-state index in [0.29, 0.717) is 11.2 Å². The minimum atomic E-state index is -0.691. The first-order valence-electron chi connectivity index (χ1n) is 8.27. The number of hydrogen-bond donors (Lipinski definition) is 0. The summed E-state index contributed by atoms with van der Waals surface area (Å²) in [5, 5.41) is 0. The number of allylic oxidation sites excluding steroid dienone is 1. The molecule has 1 aromatic rings. The summed E-state index contributed by atoms with van der Waals surface area (Å²) in [4.78, 5) is 0. The van der Waals surface area contributed by atoms with Crippen LogP contribution in [0.5, 0.6) is 5.75 Å². The number of ether oxygens (including phenoxy) is 1. The fraction of sp³-hybridized carbons (Fsp3) is 0.556. The summed E-state index contributed by atoms with van der Waals surface area (Å²) in [6.07, 6.45) is 7.36. The molecule has 3 rings (SSSR count). The molecule has 0 bridgehead atoms. The standard InChI is InChI=1S/C18H24BFO3/c1-17(2)18(3,4)23-19(22-17)15-11-10-14(12-16(15)20)21-13-8-6-5-7-9-13/h6,8,10-13H,5,7,9H2,1-4H3. The van der Waals surface area contributed by atoms with Crippen LogP contribution >= 0.6 is 0 Å². The second kappa shape index (κ2) is 5.95. The first kappa shape index (κ1) is 16.5. The molecule has 1 heterocycles. The Morgan fingerprint density at radius 3 is 2.43 bits per heavy atom. The molecule has 5 heteroatoms. The molecule has 1 aromatic carbocycles. The molecule has 0 amide bonds. The summed E-state index contributed by atoms with van der Waals surface area (Å²) in [7, 11) is -0.691. The number of rotatable bonds is 3. The molecule has 0 radical (unpaired) electrons. The Morgan fingerprint density at radius 2 is 1.87 bits per heavy atom. The van der Waals surface area contributed by atoms with Crippen molar-refractivity contribution < 1.29 is 18.4 Å². The number of halogens is 1. The Labute approximate surface area is 138 Å². The van der Waals surface area contributed by atoms with Crippen molar-refractivity contribution in [2.75, 3.05) is 0 Å². The normalized spacial score (nSPS) is 25.6. The van der Waals surface area contributed by atoms with Crippen molar-refractivity contribution in [1.29, 1.82) is 0 Å². The topological polar surface area (TPSA) is 27.7 Å². The molecule has 0 aromatic heterocycles. The predicted molar refractivity (Wildman–Crippen MR) is 89.5 cm³/mol. The van der Waals surface area contributed by atoms with E-state index in [1.54, 1.807) is 12.1 Å². The van der Waals surface area contributed by atoms with Gasteiger partial charge in [-0.15, -0.1) is 0 Å². The summed E-state index contributed by atoms with van der Waals surface area (Å²) >= 11 is 0. The van der Waals surface area contributed by atoms with Crippen molar-refractivity contribution in [3.63, 3.8) is 0 Å². The zero-order chi connectivity index (χ0) is 16.7. The third-order valence-electron chi connectivity index (χ3n) is 4.98. The Balaban J connectivity index is 1.75. The summed E-state index contributed by atoms with van der Waals surface area (Å²) in [5.74, 6) is 0.181. The van der Waals surface area contributed by atoms with Gasteiger partial charge < -0.3 is 14.0 Å². The number of hydrogen-bond acceptors (Lipinski definition) is 3. The molecule has 1 aliphatic heterocycles. The van der Waals surface area contributed by atoms with E-state index >= 15 is 0 Å². The molecule has 1 aliphatic carbocycles. The maximum absolute atomic E-state index is 14.5. The van der Waals surface area contributed by atoms with Gasteiger partial charge in [0.25, 0.3) is 0 Å². The lowest BCUT2D eigenvalue weighted by atomic mass is 9.78. The Hall–Kier alpha value is -1.33. The molecule has 3 nitrogen and oxygen atoms in total.